The van der Waals surface area contributed by atoms with Crippen LogP contribution in [-0.2, 0) is 11.2 Å². The lowest BCUT2D eigenvalue weighted by Crippen LogP contribution is -2.07. The zero-order valence-corrected chi connectivity index (χ0v) is 13.9. The number of nitro groups is 1. The summed E-state index contributed by atoms with van der Waals surface area (Å²) in [6, 6.07) is 12.7. The minimum atomic E-state index is -0.414. The van der Waals surface area contributed by atoms with Gasteiger partial charge in [-0.25, -0.2) is 4.39 Å². The van der Waals surface area contributed by atoms with E-state index in [4.69, 9.17) is 4.74 Å². The van der Waals surface area contributed by atoms with Crippen molar-refractivity contribution in [2.45, 2.75) is 13.3 Å². The summed E-state index contributed by atoms with van der Waals surface area (Å²) in [5, 5.41) is 10.8. The third kappa shape index (κ3) is 3.60. The Morgan fingerprint density at radius 3 is 2.44 bits per heavy atom. The Bertz CT molecular complexity index is 838. The molecular formula is C20H18FNO3. The van der Waals surface area contributed by atoms with Gasteiger partial charge in [0, 0.05) is 23.6 Å². The monoisotopic (exact) mass is 339 g/mol. The van der Waals surface area contributed by atoms with Gasteiger partial charge in [0.1, 0.15) is 11.6 Å². The fourth-order valence-electron chi connectivity index (χ4n) is 2.99. The number of hydrogen-bond donors (Lipinski definition) is 0. The van der Waals surface area contributed by atoms with Crippen LogP contribution in [0, 0.1) is 21.8 Å². The molecule has 0 saturated heterocycles. The lowest BCUT2D eigenvalue weighted by atomic mass is 9.88. The zero-order valence-electron chi connectivity index (χ0n) is 13.9. The van der Waals surface area contributed by atoms with E-state index in [9.17, 15) is 14.5 Å². The van der Waals surface area contributed by atoms with Gasteiger partial charge in [-0.1, -0.05) is 24.3 Å². The minimum Gasteiger partial charge on any atom is -0.492 e. The third-order valence-corrected chi connectivity index (χ3v) is 4.35. The van der Waals surface area contributed by atoms with Crippen molar-refractivity contribution >= 4 is 11.4 Å². The predicted molar refractivity (Wildman–Crippen MR) is 94.4 cm³/mol. The Morgan fingerprint density at radius 2 is 1.88 bits per heavy atom. The van der Waals surface area contributed by atoms with Gasteiger partial charge in [0.25, 0.3) is 5.69 Å². The molecule has 5 heteroatoms. The van der Waals surface area contributed by atoms with Crippen LogP contribution in [-0.4, -0.2) is 11.5 Å². The van der Waals surface area contributed by atoms with Gasteiger partial charge in [-0.05, 0) is 48.7 Å². The van der Waals surface area contributed by atoms with Gasteiger partial charge in [-0.15, -0.1) is 0 Å². The van der Waals surface area contributed by atoms with E-state index < -0.39 is 4.92 Å². The van der Waals surface area contributed by atoms with E-state index in [-0.39, 0.29) is 17.4 Å². The first-order valence-electron chi connectivity index (χ1n) is 7.96. The first-order valence-corrected chi connectivity index (χ1v) is 7.96. The average molecular weight is 339 g/mol. The second kappa shape index (κ2) is 6.89. The molecule has 1 heterocycles. The molecule has 0 aliphatic carbocycles. The van der Waals surface area contributed by atoms with Crippen molar-refractivity contribution in [2.24, 2.45) is 5.92 Å². The number of benzene rings is 2. The van der Waals surface area contributed by atoms with Gasteiger partial charge >= 0.3 is 0 Å². The molecule has 0 radical (unpaired) electrons. The summed E-state index contributed by atoms with van der Waals surface area (Å²) < 4.78 is 19.1. The van der Waals surface area contributed by atoms with Crippen LogP contribution < -0.4 is 0 Å². The maximum Gasteiger partial charge on any atom is 0.269 e. The first kappa shape index (κ1) is 16.9. The molecule has 0 N–H and O–H groups in total. The maximum atomic E-state index is 13.2. The highest BCUT2D eigenvalue weighted by atomic mass is 19.1. The van der Waals surface area contributed by atoms with Crippen LogP contribution >= 0.6 is 0 Å². The molecule has 0 amide bonds. The topological polar surface area (TPSA) is 52.4 Å². The number of hydrogen-bond acceptors (Lipinski definition) is 3. The molecule has 128 valence electrons. The fourth-order valence-corrected chi connectivity index (χ4v) is 2.99. The maximum absolute atomic E-state index is 13.2. The van der Waals surface area contributed by atoms with Crippen LogP contribution in [0.1, 0.15) is 18.1 Å². The molecule has 0 bridgehead atoms. The second-order valence-corrected chi connectivity index (χ2v) is 6.17. The van der Waals surface area contributed by atoms with Crippen molar-refractivity contribution in [1.29, 1.82) is 0 Å². The Kier molecular flexibility index (Phi) is 4.65. The molecule has 25 heavy (non-hydrogen) atoms. The van der Waals surface area contributed by atoms with Gasteiger partial charge < -0.3 is 4.74 Å². The van der Waals surface area contributed by atoms with Crippen LogP contribution in [0.25, 0.3) is 5.76 Å². The van der Waals surface area contributed by atoms with Crippen LogP contribution in [0.2, 0.25) is 0 Å². The normalized spacial score (nSPS) is 16.6. The molecule has 2 aromatic carbocycles. The summed E-state index contributed by atoms with van der Waals surface area (Å²) in [6.45, 7) is 6.51. The van der Waals surface area contributed by atoms with Crippen LogP contribution in [0.5, 0.6) is 0 Å². The highest BCUT2D eigenvalue weighted by molar-refractivity contribution is 5.67. The van der Waals surface area contributed by atoms with E-state index in [2.05, 4.69) is 6.58 Å². The Morgan fingerprint density at radius 1 is 1.24 bits per heavy atom. The van der Waals surface area contributed by atoms with E-state index in [1.165, 1.54) is 24.3 Å². The van der Waals surface area contributed by atoms with Crippen molar-refractivity contribution < 1.29 is 14.1 Å². The van der Waals surface area contributed by atoms with E-state index in [1.54, 1.807) is 24.3 Å². The molecule has 1 aliphatic rings. The summed E-state index contributed by atoms with van der Waals surface area (Å²) in [4.78, 5) is 10.4. The second-order valence-electron chi connectivity index (χ2n) is 6.17. The van der Waals surface area contributed by atoms with Gasteiger partial charge in [-0.2, -0.15) is 0 Å². The summed E-state index contributed by atoms with van der Waals surface area (Å²) in [5.41, 5.74) is 3.90. The van der Waals surface area contributed by atoms with E-state index in [0.29, 0.717) is 13.0 Å². The molecule has 2 aromatic rings. The molecular weight excluding hydrogens is 321 g/mol. The minimum absolute atomic E-state index is 0.0654. The van der Waals surface area contributed by atoms with Gasteiger partial charge in [0.2, 0.25) is 0 Å². The van der Waals surface area contributed by atoms with Crippen LogP contribution in [0.15, 0.2) is 66.3 Å². The molecule has 0 fully saturated rings. The summed E-state index contributed by atoms with van der Waals surface area (Å²) in [7, 11) is 0. The molecule has 0 saturated carbocycles. The number of rotatable bonds is 5. The third-order valence-electron chi connectivity index (χ3n) is 4.35. The number of nitro benzene ring substituents is 1. The number of ether oxygens (including phenoxy) is 1. The number of nitrogens with zero attached hydrogens (tertiary/aromatic N) is 1. The highest BCUT2D eigenvalue weighted by Gasteiger charge is 2.28. The number of non-ortho nitro benzene ring substituents is 1. The van der Waals surface area contributed by atoms with Crippen molar-refractivity contribution in [2.75, 3.05) is 6.61 Å². The zero-order chi connectivity index (χ0) is 18.0. The molecule has 1 unspecified atom stereocenters. The molecule has 3 rings (SSSR count). The average Bonchev–Trinajstić information content (AvgIpc) is 3.00. The van der Waals surface area contributed by atoms with Crippen molar-refractivity contribution in [3.63, 3.8) is 0 Å². The quantitative estimate of drug-likeness (QED) is 0.442. The fraction of sp³-hybridized carbons (Fsp3) is 0.200. The summed E-state index contributed by atoms with van der Waals surface area (Å²) in [6.07, 6.45) is 0.599. The van der Waals surface area contributed by atoms with Gasteiger partial charge in [0.05, 0.1) is 11.5 Å². The number of halogens is 1. The van der Waals surface area contributed by atoms with Crippen molar-refractivity contribution in [1.82, 2.24) is 0 Å². The lowest BCUT2D eigenvalue weighted by molar-refractivity contribution is -0.384. The SMILES string of the molecule is C=C(C)C1COC(c2ccc(F)cc2)=C1Cc1ccc([N+](=O)[O-])cc1. The molecule has 1 aliphatic heterocycles. The van der Waals surface area contributed by atoms with Crippen molar-refractivity contribution in [3.05, 3.63) is 93.3 Å². The molecule has 0 aromatic heterocycles. The highest BCUT2D eigenvalue weighted by Crippen LogP contribution is 2.37. The van der Waals surface area contributed by atoms with Crippen LogP contribution in [0.3, 0.4) is 0 Å². The van der Waals surface area contributed by atoms with E-state index >= 15 is 0 Å². The van der Waals surface area contributed by atoms with Gasteiger partial charge in [0.15, 0.2) is 0 Å². The lowest BCUT2D eigenvalue weighted by Gasteiger charge is -2.13. The Hall–Kier alpha value is -2.95. The standard InChI is InChI=1S/C20H18FNO3/c1-13(2)19-12-25-20(15-5-7-16(21)8-6-15)18(19)11-14-3-9-17(10-4-14)22(23)24/h3-10,19H,1,11-12H2,2H3. The van der Waals surface area contributed by atoms with E-state index in [0.717, 1.165) is 28.0 Å². The van der Waals surface area contributed by atoms with Gasteiger partial charge in [-0.3, -0.25) is 10.1 Å². The summed E-state index contributed by atoms with van der Waals surface area (Å²) >= 11 is 0. The predicted octanol–water partition coefficient (Wildman–Crippen LogP) is 4.91. The first-order chi connectivity index (χ1) is 12.0. The Labute approximate surface area is 145 Å². The summed E-state index contributed by atoms with van der Waals surface area (Å²) in [5.74, 6) is 0.525. The molecule has 1 atom stereocenters. The van der Waals surface area contributed by atoms with Crippen molar-refractivity contribution in [3.8, 4) is 0 Å². The smallest absolute Gasteiger partial charge is 0.269 e. The van der Waals surface area contributed by atoms with E-state index in [1.807, 2.05) is 6.92 Å². The largest absolute Gasteiger partial charge is 0.492 e. The Balaban J connectivity index is 1.96. The molecule has 0 spiro atoms. The van der Waals surface area contributed by atoms with Crippen LogP contribution in [0.4, 0.5) is 10.1 Å². The molecule has 4 nitrogen and oxygen atoms in total.